The highest BCUT2D eigenvalue weighted by atomic mass is 32.1. The first kappa shape index (κ1) is 21.5. The highest BCUT2D eigenvalue weighted by Crippen LogP contribution is 2.26. The van der Waals surface area contributed by atoms with Gasteiger partial charge in [0.1, 0.15) is 5.69 Å². The molecule has 0 aliphatic rings. The summed E-state index contributed by atoms with van der Waals surface area (Å²) in [5.41, 5.74) is 1.42. The van der Waals surface area contributed by atoms with Gasteiger partial charge < -0.3 is 14.5 Å². The van der Waals surface area contributed by atoms with Crippen LogP contribution >= 0.6 is 11.3 Å². The average molecular weight is 449 g/mol. The first-order valence-electron chi connectivity index (χ1n) is 9.94. The van der Waals surface area contributed by atoms with Crippen molar-refractivity contribution in [2.45, 2.75) is 26.5 Å². The summed E-state index contributed by atoms with van der Waals surface area (Å²) in [5.74, 6) is -0.541. The molecule has 1 unspecified atom stereocenters. The van der Waals surface area contributed by atoms with Crippen LogP contribution in [0.4, 0.5) is 0 Å². The minimum absolute atomic E-state index is 0.146. The second-order valence-electron chi connectivity index (χ2n) is 7.14. The van der Waals surface area contributed by atoms with Crippen LogP contribution in [-0.2, 0) is 16.1 Å². The first-order valence-corrected chi connectivity index (χ1v) is 10.8. The third-order valence-electron chi connectivity index (χ3n) is 4.78. The molecule has 1 amide bonds. The maximum absolute atomic E-state index is 13.0. The minimum atomic E-state index is -0.978. The number of hydrogen-bond acceptors (Lipinski definition) is 7. The van der Waals surface area contributed by atoms with E-state index >= 15 is 0 Å². The summed E-state index contributed by atoms with van der Waals surface area (Å²) in [5, 5.41) is 3.32. The van der Waals surface area contributed by atoms with Crippen molar-refractivity contribution in [1.29, 1.82) is 0 Å². The van der Waals surface area contributed by atoms with Gasteiger partial charge in [-0.2, -0.15) is 0 Å². The van der Waals surface area contributed by atoms with Crippen LogP contribution in [0, 0.1) is 0 Å². The van der Waals surface area contributed by atoms with Gasteiger partial charge in [0.2, 0.25) is 11.7 Å². The van der Waals surface area contributed by atoms with Gasteiger partial charge in [0.05, 0.1) is 28.8 Å². The smallest absolute Gasteiger partial charge is 0.339 e. The Balaban J connectivity index is 1.56. The largest absolute Gasteiger partial charge is 0.463 e. The molecule has 4 aromatic rings. The van der Waals surface area contributed by atoms with Crippen LogP contribution in [0.3, 0.4) is 0 Å². The van der Waals surface area contributed by atoms with E-state index in [4.69, 9.17) is 9.15 Å². The van der Waals surface area contributed by atoms with E-state index in [1.165, 1.54) is 24.5 Å². The quantitative estimate of drug-likeness (QED) is 0.327. The van der Waals surface area contributed by atoms with Crippen molar-refractivity contribution in [3.8, 4) is 11.5 Å². The molecule has 0 saturated carbocycles. The zero-order chi connectivity index (χ0) is 22.7. The number of para-hydroxylation sites is 1. The molecule has 8 heteroatoms. The zero-order valence-electron chi connectivity index (χ0n) is 17.5. The van der Waals surface area contributed by atoms with E-state index in [1.54, 1.807) is 49.4 Å². The standard InChI is InChI=1S/C24H20N2O5S/c1-14(23(28)22-10-9-16(32-22)13-25-15(2)27)31-24(29)18-12-20(21-8-5-11-30-21)26-19-7-4-3-6-17(18)19/h3-12,14H,13H2,1-2H3,(H,25,27). The molecule has 0 spiro atoms. The number of thiophene rings is 1. The first-order chi connectivity index (χ1) is 15.4. The van der Waals surface area contributed by atoms with Gasteiger partial charge in [0.25, 0.3) is 0 Å². The number of aromatic nitrogens is 1. The summed E-state index contributed by atoms with van der Waals surface area (Å²) in [4.78, 5) is 42.8. The van der Waals surface area contributed by atoms with E-state index in [0.717, 1.165) is 4.88 Å². The minimum Gasteiger partial charge on any atom is -0.463 e. The molecule has 4 rings (SSSR count). The number of pyridine rings is 1. The Morgan fingerprint density at radius 1 is 1.12 bits per heavy atom. The number of furan rings is 1. The van der Waals surface area contributed by atoms with Gasteiger partial charge in [-0.3, -0.25) is 9.59 Å². The Bertz CT molecular complexity index is 1290. The van der Waals surface area contributed by atoms with Crippen molar-refractivity contribution in [1.82, 2.24) is 10.3 Å². The number of Topliss-reactive ketones (excluding diaryl/α,β-unsaturated/α-hetero) is 1. The molecule has 3 aromatic heterocycles. The van der Waals surface area contributed by atoms with Gasteiger partial charge in [-0.05, 0) is 43.3 Å². The fraction of sp³-hybridized carbons (Fsp3) is 0.167. The molecule has 1 N–H and O–H groups in total. The molecule has 0 bridgehead atoms. The zero-order valence-corrected chi connectivity index (χ0v) is 18.3. The van der Waals surface area contributed by atoms with Gasteiger partial charge in [-0.1, -0.05) is 18.2 Å². The maximum atomic E-state index is 13.0. The van der Waals surface area contributed by atoms with Crippen LogP contribution in [0.2, 0.25) is 0 Å². The predicted octanol–water partition coefficient (Wildman–Crippen LogP) is 4.62. The highest BCUT2D eigenvalue weighted by Gasteiger charge is 2.24. The lowest BCUT2D eigenvalue weighted by molar-refractivity contribution is -0.119. The van der Waals surface area contributed by atoms with Crippen LogP contribution in [0.25, 0.3) is 22.4 Å². The molecule has 0 fully saturated rings. The van der Waals surface area contributed by atoms with Crippen LogP contribution < -0.4 is 5.32 Å². The number of hydrogen-bond donors (Lipinski definition) is 1. The summed E-state index contributed by atoms with van der Waals surface area (Å²) in [7, 11) is 0. The summed E-state index contributed by atoms with van der Waals surface area (Å²) >= 11 is 1.26. The van der Waals surface area contributed by atoms with Crippen molar-refractivity contribution in [2.24, 2.45) is 0 Å². The Hall–Kier alpha value is -3.78. The number of ether oxygens (including phenoxy) is 1. The summed E-state index contributed by atoms with van der Waals surface area (Å²) in [6.45, 7) is 3.32. The molecule has 7 nitrogen and oxygen atoms in total. The number of nitrogens with zero attached hydrogens (tertiary/aromatic N) is 1. The number of fused-ring (bicyclic) bond motifs is 1. The molecule has 0 saturated heterocycles. The number of benzene rings is 1. The van der Waals surface area contributed by atoms with E-state index in [-0.39, 0.29) is 11.7 Å². The molecule has 1 aromatic carbocycles. The van der Waals surface area contributed by atoms with Crippen molar-refractivity contribution in [3.63, 3.8) is 0 Å². The number of amides is 1. The van der Waals surface area contributed by atoms with Gasteiger partial charge in [0.15, 0.2) is 11.9 Å². The van der Waals surface area contributed by atoms with Gasteiger partial charge >= 0.3 is 5.97 Å². The topological polar surface area (TPSA) is 98.5 Å². The lowest BCUT2D eigenvalue weighted by Crippen LogP contribution is -2.24. The highest BCUT2D eigenvalue weighted by molar-refractivity contribution is 7.14. The van der Waals surface area contributed by atoms with Crippen molar-refractivity contribution >= 4 is 39.9 Å². The second-order valence-corrected chi connectivity index (χ2v) is 8.31. The van der Waals surface area contributed by atoms with Crippen molar-refractivity contribution in [2.75, 3.05) is 0 Å². The number of carbonyl (C=O) groups excluding carboxylic acids is 3. The SMILES string of the molecule is CC(=O)NCc1ccc(C(=O)C(C)OC(=O)c2cc(-c3ccco3)nc3ccccc23)s1. The van der Waals surface area contributed by atoms with Crippen LogP contribution in [0.1, 0.15) is 38.8 Å². The van der Waals surface area contributed by atoms with Crippen molar-refractivity contribution < 1.29 is 23.5 Å². The number of ketones is 1. The van der Waals surface area contributed by atoms with Crippen molar-refractivity contribution in [3.05, 3.63) is 76.2 Å². The number of rotatable bonds is 7. The summed E-state index contributed by atoms with van der Waals surface area (Å²) in [6, 6.07) is 15.8. The van der Waals surface area contributed by atoms with E-state index in [0.29, 0.717) is 39.3 Å². The van der Waals surface area contributed by atoms with E-state index in [2.05, 4.69) is 10.3 Å². The molecule has 0 aliphatic carbocycles. The van der Waals surface area contributed by atoms with Crippen LogP contribution in [-0.4, -0.2) is 28.7 Å². The van der Waals surface area contributed by atoms with Gasteiger partial charge in [-0.25, -0.2) is 9.78 Å². The fourth-order valence-electron chi connectivity index (χ4n) is 3.19. The second kappa shape index (κ2) is 9.15. The number of esters is 1. The maximum Gasteiger partial charge on any atom is 0.339 e. The van der Waals surface area contributed by atoms with Gasteiger partial charge in [-0.15, -0.1) is 11.3 Å². The number of carbonyl (C=O) groups is 3. The fourth-order valence-corrected chi connectivity index (χ4v) is 4.16. The molecular weight excluding hydrogens is 428 g/mol. The van der Waals surface area contributed by atoms with Gasteiger partial charge in [0, 0.05) is 17.2 Å². The lowest BCUT2D eigenvalue weighted by Gasteiger charge is -2.13. The molecule has 0 aliphatic heterocycles. The van der Waals surface area contributed by atoms with E-state index < -0.39 is 12.1 Å². The summed E-state index contributed by atoms with van der Waals surface area (Å²) < 4.78 is 11.0. The van der Waals surface area contributed by atoms with E-state index in [1.807, 2.05) is 12.1 Å². The van der Waals surface area contributed by atoms with E-state index in [9.17, 15) is 14.4 Å². The Kier molecular flexibility index (Phi) is 6.13. The monoisotopic (exact) mass is 448 g/mol. The molecule has 1 atom stereocenters. The number of nitrogens with one attached hydrogen (secondary N) is 1. The average Bonchev–Trinajstić information content (AvgIpc) is 3.48. The Morgan fingerprint density at radius 3 is 2.69 bits per heavy atom. The third kappa shape index (κ3) is 4.60. The third-order valence-corrected chi connectivity index (χ3v) is 5.88. The molecule has 162 valence electrons. The lowest BCUT2D eigenvalue weighted by atomic mass is 10.1. The predicted molar refractivity (Wildman–Crippen MR) is 120 cm³/mol. The Morgan fingerprint density at radius 2 is 1.94 bits per heavy atom. The van der Waals surface area contributed by atoms with Crippen LogP contribution in [0.15, 0.2) is 65.3 Å². The Labute approximate surface area is 188 Å². The normalized spacial score (nSPS) is 11.8. The molecule has 0 radical (unpaired) electrons. The molecular formula is C24H20N2O5S. The molecule has 3 heterocycles. The van der Waals surface area contributed by atoms with Crippen LogP contribution in [0.5, 0.6) is 0 Å². The molecule has 32 heavy (non-hydrogen) atoms. The summed E-state index contributed by atoms with van der Waals surface area (Å²) in [6.07, 6.45) is 0.556.